The first-order valence-corrected chi connectivity index (χ1v) is 8.31. The Balaban J connectivity index is 1.57. The van der Waals surface area contributed by atoms with Gasteiger partial charge in [0.05, 0.1) is 13.2 Å². The van der Waals surface area contributed by atoms with E-state index in [4.69, 9.17) is 10.5 Å². The van der Waals surface area contributed by atoms with Crippen molar-refractivity contribution in [2.75, 3.05) is 50.0 Å². The molecule has 0 bridgehead atoms. The minimum Gasteiger partial charge on any atom is -0.384 e. The predicted molar refractivity (Wildman–Crippen MR) is 88.0 cm³/mol. The third kappa shape index (κ3) is 3.50. The molecule has 1 aromatic heterocycles. The Morgan fingerprint density at radius 1 is 1.18 bits per heavy atom. The van der Waals surface area contributed by atoms with Crippen LogP contribution in [0.3, 0.4) is 0 Å². The van der Waals surface area contributed by atoms with Crippen LogP contribution >= 0.6 is 0 Å². The highest BCUT2D eigenvalue weighted by molar-refractivity contribution is 5.47. The summed E-state index contributed by atoms with van der Waals surface area (Å²) in [6.07, 6.45) is 2.42. The number of nitrogens with two attached hydrogens (primary N) is 1. The van der Waals surface area contributed by atoms with Crippen LogP contribution in [0.4, 0.5) is 11.6 Å². The topological polar surface area (TPSA) is 67.5 Å². The molecule has 2 N–H and O–H groups in total. The summed E-state index contributed by atoms with van der Waals surface area (Å²) >= 11 is 0. The first-order chi connectivity index (χ1) is 10.6. The van der Waals surface area contributed by atoms with E-state index in [0.717, 1.165) is 57.0 Å². The Morgan fingerprint density at radius 3 is 2.50 bits per heavy atom. The van der Waals surface area contributed by atoms with Gasteiger partial charge in [-0.1, -0.05) is 0 Å². The maximum absolute atomic E-state index is 5.84. The van der Waals surface area contributed by atoms with Gasteiger partial charge in [0.2, 0.25) is 0 Å². The SMILES string of the molecule is Cc1nc(N)cc(N2CCC([C@@H](C)N3CCOCC3)CC2)n1. The second kappa shape index (κ2) is 6.79. The number of anilines is 2. The van der Waals surface area contributed by atoms with Crippen molar-refractivity contribution in [1.29, 1.82) is 0 Å². The fourth-order valence-electron chi connectivity index (χ4n) is 3.63. The number of rotatable bonds is 3. The summed E-state index contributed by atoms with van der Waals surface area (Å²) in [7, 11) is 0. The van der Waals surface area contributed by atoms with Crippen LogP contribution < -0.4 is 10.6 Å². The molecule has 2 saturated heterocycles. The molecule has 3 rings (SSSR count). The minimum atomic E-state index is 0.561. The van der Waals surface area contributed by atoms with Crippen LogP contribution in [0.5, 0.6) is 0 Å². The maximum Gasteiger partial charge on any atom is 0.134 e. The number of hydrogen-bond donors (Lipinski definition) is 1. The van der Waals surface area contributed by atoms with Crippen molar-refractivity contribution in [2.45, 2.75) is 32.7 Å². The molecule has 0 saturated carbocycles. The summed E-state index contributed by atoms with van der Waals surface area (Å²) < 4.78 is 5.46. The van der Waals surface area contributed by atoms with E-state index >= 15 is 0 Å². The minimum absolute atomic E-state index is 0.561. The van der Waals surface area contributed by atoms with E-state index in [1.165, 1.54) is 12.8 Å². The van der Waals surface area contributed by atoms with Crippen molar-refractivity contribution in [2.24, 2.45) is 5.92 Å². The van der Waals surface area contributed by atoms with Crippen LogP contribution in [0.25, 0.3) is 0 Å². The maximum atomic E-state index is 5.84. The zero-order valence-electron chi connectivity index (χ0n) is 13.7. The van der Waals surface area contributed by atoms with Crippen molar-refractivity contribution >= 4 is 11.6 Å². The largest absolute Gasteiger partial charge is 0.384 e. The zero-order chi connectivity index (χ0) is 15.5. The number of aryl methyl sites for hydroxylation is 1. The highest BCUT2D eigenvalue weighted by Gasteiger charge is 2.29. The summed E-state index contributed by atoms with van der Waals surface area (Å²) in [6.45, 7) is 10.3. The highest BCUT2D eigenvalue weighted by atomic mass is 16.5. The molecule has 2 aliphatic heterocycles. The molecule has 22 heavy (non-hydrogen) atoms. The summed E-state index contributed by atoms with van der Waals surface area (Å²) in [5.74, 6) is 3.04. The Kier molecular flexibility index (Phi) is 4.78. The van der Waals surface area contributed by atoms with Crippen molar-refractivity contribution in [1.82, 2.24) is 14.9 Å². The number of nitrogens with zero attached hydrogens (tertiary/aromatic N) is 4. The second-order valence-corrected chi connectivity index (χ2v) is 6.41. The molecule has 6 nitrogen and oxygen atoms in total. The van der Waals surface area contributed by atoms with Crippen molar-refractivity contribution in [3.05, 3.63) is 11.9 Å². The highest BCUT2D eigenvalue weighted by Crippen LogP contribution is 2.27. The third-order valence-electron chi connectivity index (χ3n) is 5.01. The lowest BCUT2D eigenvalue weighted by atomic mass is 9.89. The smallest absolute Gasteiger partial charge is 0.134 e. The van der Waals surface area contributed by atoms with E-state index in [1.54, 1.807) is 0 Å². The molecule has 3 heterocycles. The standard InChI is InChI=1S/C16H27N5O/c1-12(20-7-9-22-10-8-20)14-3-5-21(6-4-14)16-11-15(17)18-13(2)19-16/h11-12,14H,3-10H2,1-2H3,(H2,17,18,19)/t12-/m1/s1. The first kappa shape index (κ1) is 15.5. The van der Waals surface area contributed by atoms with Gasteiger partial charge in [-0.15, -0.1) is 0 Å². The Labute approximate surface area is 132 Å². The average molecular weight is 305 g/mol. The van der Waals surface area contributed by atoms with Crippen molar-refractivity contribution in [3.8, 4) is 0 Å². The molecule has 0 aliphatic carbocycles. The van der Waals surface area contributed by atoms with E-state index in [1.807, 2.05) is 13.0 Å². The molecule has 1 atom stereocenters. The van der Waals surface area contributed by atoms with Crippen LogP contribution in [-0.4, -0.2) is 60.3 Å². The third-order valence-corrected chi connectivity index (χ3v) is 5.01. The molecule has 0 spiro atoms. The van der Waals surface area contributed by atoms with E-state index < -0.39 is 0 Å². The Bertz CT molecular complexity index is 475. The van der Waals surface area contributed by atoms with Gasteiger partial charge in [-0.05, 0) is 32.6 Å². The van der Waals surface area contributed by atoms with E-state index in [-0.39, 0.29) is 0 Å². The van der Waals surface area contributed by atoms with Crippen LogP contribution in [-0.2, 0) is 4.74 Å². The van der Waals surface area contributed by atoms with Crippen LogP contribution in [0.1, 0.15) is 25.6 Å². The molecule has 122 valence electrons. The van der Waals surface area contributed by atoms with Gasteiger partial charge in [-0.3, -0.25) is 4.90 Å². The number of piperidine rings is 1. The van der Waals surface area contributed by atoms with Gasteiger partial charge in [0, 0.05) is 38.3 Å². The molecule has 6 heteroatoms. The molecule has 2 aliphatic rings. The molecular formula is C16H27N5O. The molecule has 0 aromatic carbocycles. The summed E-state index contributed by atoms with van der Waals surface area (Å²) in [4.78, 5) is 13.6. The summed E-state index contributed by atoms with van der Waals surface area (Å²) in [6, 6.07) is 2.53. The molecule has 2 fully saturated rings. The predicted octanol–water partition coefficient (Wildman–Crippen LogP) is 1.30. The molecule has 0 amide bonds. The number of ether oxygens (including phenoxy) is 1. The quantitative estimate of drug-likeness (QED) is 0.908. The number of hydrogen-bond acceptors (Lipinski definition) is 6. The summed E-state index contributed by atoms with van der Waals surface area (Å²) in [5, 5.41) is 0. The Hall–Kier alpha value is -1.40. The first-order valence-electron chi connectivity index (χ1n) is 8.31. The number of morpholine rings is 1. The van der Waals surface area contributed by atoms with Crippen LogP contribution in [0.2, 0.25) is 0 Å². The van der Waals surface area contributed by atoms with Crippen LogP contribution in [0, 0.1) is 12.8 Å². The lowest BCUT2D eigenvalue weighted by Crippen LogP contribution is -2.48. The lowest BCUT2D eigenvalue weighted by molar-refractivity contribution is 0.00448. The lowest BCUT2D eigenvalue weighted by Gasteiger charge is -2.41. The van der Waals surface area contributed by atoms with E-state index in [9.17, 15) is 0 Å². The van der Waals surface area contributed by atoms with E-state index in [2.05, 4.69) is 26.7 Å². The molecule has 0 unspecified atom stereocenters. The van der Waals surface area contributed by atoms with Gasteiger partial charge in [0.25, 0.3) is 0 Å². The monoisotopic (exact) mass is 305 g/mol. The normalized spacial score (nSPS) is 22.7. The number of nitrogen functional groups attached to an aromatic ring is 1. The van der Waals surface area contributed by atoms with Gasteiger partial charge in [0.1, 0.15) is 17.5 Å². The Morgan fingerprint density at radius 2 is 1.86 bits per heavy atom. The summed E-state index contributed by atoms with van der Waals surface area (Å²) in [5.41, 5.74) is 5.84. The number of aromatic nitrogens is 2. The van der Waals surface area contributed by atoms with Gasteiger partial charge in [0.15, 0.2) is 0 Å². The van der Waals surface area contributed by atoms with Gasteiger partial charge in [-0.2, -0.15) is 0 Å². The van der Waals surface area contributed by atoms with Gasteiger partial charge >= 0.3 is 0 Å². The van der Waals surface area contributed by atoms with E-state index in [0.29, 0.717) is 11.9 Å². The fourth-order valence-corrected chi connectivity index (χ4v) is 3.63. The molecular weight excluding hydrogens is 278 g/mol. The van der Waals surface area contributed by atoms with Gasteiger partial charge < -0.3 is 15.4 Å². The second-order valence-electron chi connectivity index (χ2n) is 6.41. The van der Waals surface area contributed by atoms with Gasteiger partial charge in [-0.25, -0.2) is 9.97 Å². The average Bonchev–Trinajstić information content (AvgIpc) is 2.54. The molecule has 1 aromatic rings. The zero-order valence-corrected chi connectivity index (χ0v) is 13.7. The van der Waals surface area contributed by atoms with Crippen molar-refractivity contribution in [3.63, 3.8) is 0 Å². The fraction of sp³-hybridized carbons (Fsp3) is 0.750. The molecule has 0 radical (unpaired) electrons. The van der Waals surface area contributed by atoms with Crippen LogP contribution in [0.15, 0.2) is 6.07 Å². The van der Waals surface area contributed by atoms with Crippen molar-refractivity contribution < 1.29 is 4.74 Å².